The Morgan fingerprint density at radius 1 is 0.880 bits per heavy atom. The molecular weight excluding hydrogens is 355 g/mol. The fourth-order valence-electron chi connectivity index (χ4n) is 2.32. The fraction of sp³-hybridized carbons (Fsp3) is 0.150. The van der Waals surface area contributed by atoms with Crippen molar-refractivity contribution in [3.8, 4) is 5.75 Å². The van der Waals surface area contributed by atoms with Crippen LogP contribution in [0, 0.1) is 0 Å². The summed E-state index contributed by atoms with van der Waals surface area (Å²) in [5, 5.41) is 4.11. The maximum Gasteiger partial charge on any atom is 0.119 e. The molecule has 0 amide bonds. The van der Waals surface area contributed by atoms with Crippen molar-refractivity contribution in [2.24, 2.45) is 0 Å². The number of aromatic nitrogens is 1. The van der Waals surface area contributed by atoms with E-state index in [1.54, 1.807) is 0 Å². The van der Waals surface area contributed by atoms with Crippen LogP contribution in [0.1, 0.15) is 16.8 Å². The zero-order chi connectivity index (χ0) is 16.6. The molecule has 1 heterocycles. The Morgan fingerprint density at radius 3 is 2.36 bits per heavy atom. The minimum atomic E-state index is 0. The SMILES string of the molecule is Cl.Clc1ccccc1COc1ccc(CNCc2ccccn2)cc1. The van der Waals surface area contributed by atoms with E-state index in [0.717, 1.165) is 35.1 Å². The zero-order valence-electron chi connectivity index (χ0n) is 13.7. The number of benzene rings is 2. The van der Waals surface area contributed by atoms with Gasteiger partial charge in [-0.2, -0.15) is 0 Å². The van der Waals surface area contributed by atoms with Crippen LogP contribution in [0.5, 0.6) is 5.75 Å². The molecule has 0 atom stereocenters. The second-order valence-electron chi connectivity index (χ2n) is 5.45. The highest BCUT2D eigenvalue weighted by atomic mass is 35.5. The molecule has 5 heteroatoms. The Labute approximate surface area is 159 Å². The van der Waals surface area contributed by atoms with Crippen LogP contribution in [0.15, 0.2) is 72.9 Å². The molecule has 0 bridgehead atoms. The first-order valence-corrected chi connectivity index (χ1v) is 8.25. The van der Waals surface area contributed by atoms with Gasteiger partial charge in [0.25, 0.3) is 0 Å². The molecule has 0 spiro atoms. The quantitative estimate of drug-likeness (QED) is 0.629. The van der Waals surface area contributed by atoms with Gasteiger partial charge in [0.05, 0.1) is 5.69 Å². The van der Waals surface area contributed by atoms with E-state index in [4.69, 9.17) is 16.3 Å². The maximum absolute atomic E-state index is 6.13. The van der Waals surface area contributed by atoms with Gasteiger partial charge in [0.2, 0.25) is 0 Å². The van der Waals surface area contributed by atoms with Crippen LogP contribution in [0.3, 0.4) is 0 Å². The molecule has 0 unspecified atom stereocenters. The highest BCUT2D eigenvalue weighted by Crippen LogP contribution is 2.19. The molecule has 130 valence electrons. The summed E-state index contributed by atoms with van der Waals surface area (Å²) in [5.74, 6) is 0.836. The van der Waals surface area contributed by atoms with E-state index in [1.807, 2.05) is 60.8 Å². The zero-order valence-corrected chi connectivity index (χ0v) is 15.3. The lowest BCUT2D eigenvalue weighted by Crippen LogP contribution is -2.13. The maximum atomic E-state index is 6.13. The molecule has 3 nitrogen and oxygen atoms in total. The lowest BCUT2D eigenvalue weighted by atomic mass is 10.2. The van der Waals surface area contributed by atoms with Gasteiger partial charge in [-0.15, -0.1) is 12.4 Å². The molecule has 0 saturated carbocycles. The molecule has 1 aromatic heterocycles. The molecule has 3 rings (SSSR count). The van der Waals surface area contributed by atoms with Crippen molar-refractivity contribution in [3.05, 3.63) is 94.8 Å². The molecule has 1 N–H and O–H groups in total. The molecule has 25 heavy (non-hydrogen) atoms. The number of nitrogens with zero attached hydrogens (tertiary/aromatic N) is 1. The van der Waals surface area contributed by atoms with Crippen LogP contribution in [0.4, 0.5) is 0 Å². The topological polar surface area (TPSA) is 34.1 Å². The van der Waals surface area contributed by atoms with E-state index in [0.29, 0.717) is 6.61 Å². The first kappa shape index (κ1) is 19.3. The van der Waals surface area contributed by atoms with Gasteiger partial charge in [-0.1, -0.05) is 48.0 Å². The lowest BCUT2D eigenvalue weighted by Gasteiger charge is -2.09. The molecule has 0 aliphatic heterocycles. The van der Waals surface area contributed by atoms with E-state index in [-0.39, 0.29) is 12.4 Å². The molecule has 3 aromatic rings. The molecule has 0 fully saturated rings. The van der Waals surface area contributed by atoms with E-state index < -0.39 is 0 Å². The highest BCUT2D eigenvalue weighted by molar-refractivity contribution is 6.31. The second-order valence-corrected chi connectivity index (χ2v) is 5.86. The highest BCUT2D eigenvalue weighted by Gasteiger charge is 2.01. The van der Waals surface area contributed by atoms with Crippen molar-refractivity contribution in [3.63, 3.8) is 0 Å². The van der Waals surface area contributed by atoms with Gasteiger partial charge in [0.1, 0.15) is 12.4 Å². The van der Waals surface area contributed by atoms with Crippen molar-refractivity contribution in [2.45, 2.75) is 19.7 Å². The summed E-state index contributed by atoms with van der Waals surface area (Å²) in [6.45, 7) is 2.02. The van der Waals surface area contributed by atoms with Gasteiger partial charge < -0.3 is 10.1 Å². The Bertz CT molecular complexity index is 764. The summed E-state index contributed by atoms with van der Waals surface area (Å²) in [7, 11) is 0. The average Bonchev–Trinajstić information content (AvgIpc) is 2.63. The average molecular weight is 375 g/mol. The van der Waals surface area contributed by atoms with Gasteiger partial charge >= 0.3 is 0 Å². The Hall–Kier alpha value is -2.07. The molecular formula is C20H20Cl2N2O. The van der Waals surface area contributed by atoms with Crippen LogP contribution in [-0.2, 0) is 19.7 Å². The summed E-state index contributed by atoms with van der Waals surface area (Å²) in [5.41, 5.74) is 3.23. The third-order valence-corrected chi connectivity index (χ3v) is 4.01. The smallest absolute Gasteiger partial charge is 0.119 e. The number of pyridine rings is 1. The third-order valence-electron chi connectivity index (χ3n) is 3.64. The van der Waals surface area contributed by atoms with Crippen LogP contribution in [0.25, 0.3) is 0 Å². The van der Waals surface area contributed by atoms with Gasteiger partial charge in [0, 0.05) is 29.9 Å². The number of ether oxygens (including phenoxy) is 1. The van der Waals surface area contributed by atoms with E-state index in [2.05, 4.69) is 22.4 Å². The predicted octanol–water partition coefficient (Wildman–Crippen LogP) is 5.03. The van der Waals surface area contributed by atoms with E-state index in [1.165, 1.54) is 5.56 Å². The minimum Gasteiger partial charge on any atom is -0.489 e. The third kappa shape index (κ3) is 6.05. The van der Waals surface area contributed by atoms with Crippen molar-refractivity contribution >= 4 is 24.0 Å². The monoisotopic (exact) mass is 374 g/mol. The Balaban J connectivity index is 0.00000225. The van der Waals surface area contributed by atoms with E-state index in [9.17, 15) is 0 Å². The first-order valence-electron chi connectivity index (χ1n) is 7.87. The summed E-state index contributed by atoms with van der Waals surface area (Å²) >= 11 is 6.13. The standard InChI is InChI=1S/C20H19ClN2O.ClH/c21-20-7-2-1-5-17(20)15-24-19-10-8-16(9-11-19)13-22-14-18-6-3-4-12-23-18;/h1-12,22H,13-15H2;1H. The van der Waals surface area contributed by atoms with Crippen molar-refractivity contribution < 1.29 is 4.74 Å². The molecule has 0 radical (unpaired) electrons. The lowest BCUT2D eigenvalue weighted by molar-refractivity contribution is 0.306. The predicted molar refractivity (Wildman–Crippen MR) is 104 cm³/mol. The van der Waals surface area contributed by atoms with Crippen LogP contribution >= 0.6 is 24.0 Å². The Morgan fingerprint density at radius 2 is 1.64 bits per heavy atom. The fourth-order valence-corrected chi connectivity index (χ4v) is 2.51. The first-order chi connectivity index (χ1) is 11.8. The number of rotatable bonds is 7. The second kappa shape index (κ2) is 10.0. The van der Waals surface area contributed by atoms with Gasteiger partial charge in [-0.3, -0.25) is 4.98 Å². The van der Waals surface area contributed by atoms with Gasteiger partial charge in [0.15, 0.2) is 0 Å². The van der Waals surface area contributed by atoms with E-state index >= 15 is 0 Å². The summed E-state index contributed by atoms with van der Waals surface area (Å²) < 4.78 is 5.79. The molecule has 0 saturated heterocycles. The number of hydrogen-bond acceptors (Lipinski definition) is 3. The van der Waals surface area contributed by atoms with Crippen LogP contribution in [0.2, 0.25) is 5.02 Å². The molecule has 2 aromatic carbocycles. The molecule has 0 aliphatic carbocycles. The minimum absolute atomic E-state index is 0. The van der Waals surface area contributed by atoms with Crippen LogP contribution < -0.4 is 10.1 Å². The van der Waals surface area contributed by atoms with Crippen molar-refractivity contribution in [1.29, 1.82) is 0 Å². The van der Waals surface area contributed by atoms with Crippen molar-refractivity contribution in [2.75, 3.05) is 0 Å². The normalized spacial score (nSPS) is 10.1. The largest absolute Gasteiger partial charge is 0.489 e. The summed E-state index contributed by atoms with van der Waals surface area (Å²) in [4.78, 5) is 4.29. The van der Waals surface area contributed by atoms with Gasteiger partial charge in [-0.25, -0.2) is 0 Å². The number of halogens is 2. The van der Waals surface area contributed by atoms with Crippen molar-refractivity contribution in [1.82, 2.24) is 10.3 Å². The number of nitrogens with one attached hydrogen (secondary N) is 1. The van der Waals surface area contributed by atoms with Gasteiger partial charge in [-0.05, 0) is 35.9 Å². The molecule has 0 aliphatic rings. The summed E-state index contributed by atoms with van der Waals surface area (Å²) in [6.07, 6.45) is 1.81. The Kier molecular flexibility index (Phi) is 7.74. The van der Waals surface area contributed by atoms with Crippen LogP contribution in [-0.4, -0.2) is 4.98 Å². The number of hydrogen-bond donors (Lipinski definition) is 1. The summed E-state index contributed by atoms with van der Waals surface area (Å²) in [6, 6.07) is 21.7.